The zero-order valence-corrected chi connectivity index (χ0v) is 18.6. The van der Waals surface area contributed by atoms with Crippen LogP contribution in [0.1, 0.15) is 46.0 Å². The number of nitrogens with zero attached hydrogens (tertiary/aromatic N) is 4. The number of amides is 1. The third-order valence-electron chi connectivity index (χ3n) is 6.93. The van der Waals surface area contributed by atoms with Gasteiger partial charge in [-0.25, -0.2) is 4.98 Å². The molecular formula is C24H37N5O. The van der Waals surface area contributed by atoms with Crippen LogP contribution < -0.4 is 10.2 Å². The molecule has 4 rings (SSSR count). The number of fused-ring (bicyclic) bond motifs is 1. The summed E-state index contributed by atoms with van der Waals surface area (Å²) in [4.78, 5) is 22.4. The quantitative estimate of drug-likeness (QED) is 0.709. The third-order valence-corrected chi connectivity index (χ3v) is 6.93. The zero-order chi connectivity index (χ0) is 20.9. The number of rotatable bonds is 7. The van der Waals surface area contributed by atoms with E-state index in [0.717, 1.165) is 69.4 Å². The average Bonchev–Trinajstić information content (AvgIpc) is 3.16. The van der Waals surface area contributed by atoms with Gasteiger partial charge in [0.05, 0.1) is 11.0 Å². The predicted octanol–water partition coefficient (Wildman–Crippen LogP) is 3.51. The van der Waals surface area contributed by atoms with Crippen molar-refractivity contribution in [2.24, 2.45) is 11.8 Å². The lowest BCUT2D eigenvalue weighted by molar-refractivity contribution is -0.125. The van der Waals surface area contributed by atoms with Crippen molar-refractivity contribution in [1.29, 1.82) is 0 Å². The minimum absolute atomic E-state index is 0.136. The number of nitrogens with one attached hydrogen (secondary N) is 1. The summed E-state index contributed by atoms with van der Waals surface area (Å²) in [6.07, 6.45) is 5.50. The van der Waals surface area contributed by atoms with Gasteiger partial charge in [0.15, 0.2) is 0 Å². The molecular weight excluding hydrogens is 374 g/mol. The summed E-state index contributed by atoms with van der Waals surface area (Å²) in [6.45, 7) is 11.6. The summed E-state index contributed by atoms with van der Waals surface area (Å²) >= 11 is 0. The molecule has 2 aromatic rings. The molecule has 0 saturated carbocycles. The molecule has 164 valence electrons. The van der Waals surface area contributed by atoms with Gasteiger partial charge < -0.3 is 19.7 Å². The maximum atomic E-state index is 12.6. The minimum Gasteiger partial charge on any atom is -0.356 e. The van der Waals surface area contributed by atoms with Gasteiger partial charge in [-0.15, -0.1) is 0 Å². The van der Waals surface area contributed by atoms with Gasteiger partial charge in [0.2, 0.25) is 11.9 Å². The van der Waals surface area contributed by atoms with Crippen molar-refractivity contribution < 1.29 is 4.79 Å². The van der Waals surface area contributed by atoms with Gasteiger partial charge >= 0.3 is 0 Å². The van der Waals surface area contributed by atoms with E-state index in [1.807, 2.05) is 6.07 Å². The van der Waals surface area contributed by atoms with Gasteiger partial charge in [0.25, 0.3) is 0 Å². The summed E-state index contributed by atoms with van der Waals surface area (Å²) in [6, 6.07) is 8.33. The molecule has 0 aliphatic carbocycles. The number of aromatic nitrogens is 2. The Bertz CT molecular complexity index is 831. The van der Waals surface area contributed by atoms with E-state index in [-0.39, 0.29) is 11.8 Å². The average molecular weight is 412 g/mol. The molecule has 2 saturated heterocycles. The second kappa shape index (κ2) is 9.82. The van der Waals surface area contributed by atoms with Crippen molar-refractivity contribution in [3.63, 3.8) is 0 Å². The largest absolute Gasteiger partial charge is 0.356 e. The summed E-state index contributed by atoms with van der Waals surface area (Å²) in [5.74, 6) is 2.30. The lowest BCUT2D eigenvalue weighted by Crippen LogP contribution is -2.42. The lowest BCUT2D eigenvalue weighted by atomic mass is 9.96. The van der Waals surface area contributed by atoms with Crippen LogP contribution in [0.25, 0.3) is 11.0 Å². The number of hydrogen-bond acceptors (Lipinski definition) is 4. The maximum absolute atomic E-state index is 12.6. The van der Waals surface area contributed by atoms with E-state index in [4.69, 9.17) is 4.98 Å². The van der Waals surface area contributed by atoms with Gasteiger partial charge in [0, 0.05) is 32.1 Å². The van der Waals surface area contributed by atoms with Crippen LogP contribution in [0.5, 0.6) is 0 Å². The molecule has 1 amide bonds. The SMILES string of the molecule is CCn1c(N2CCC(C(=O)NCCCN3CCC(C)CC3)CC2)nc2ccccc21. The summed E-state index contributed by atoms with van der Waals surface area (Å²) in [5, 5.41) is 3.19. The van der Waals surface area contributed by atoms with E-state index in [9.17, 15) is 4.79 Å². The van der Waals surface area contributed by atoms with Crippen LogP contribution in [0.3, 0.4) is 0 Å². The first-order valence-electron chi connectivity index (χ1n) is 11.9. The van der Waals surface area contributed by atoms with Crippen LogP contribution in [0.2, 0.25) is 0 Å². The first-order chi connectivity index (χ1) is 14.7. The number of likely N-dealkylation sites (tertiary alicyclic amines) is 1. The topological polar surface area (TPSA) is 53.4 Å². The Morgan fingerprint density at radius 1 is 1.10 bits per heavy atom. The summed E-state index contributed by atoms with van der Waals surface area (Å²) < 4.78 is 2.29. The van der Waals surface area contributed by atoms with Gasteiger partial charge in [-0.3, -0.25) is 4.79 Å². The smallest absolute Gasteiger partial charge is 0.223 e. The number of imidazole rings is 1. The summed E-state index contributed by atoms with van der Waals surface area (Å²) in [7, 11) is 0. The lowest BCUT2D eigenvalue weighted by Gasteiger charge is -2.32. The standard InChI is InChI=1S/C24H37N5O/c1-3-29-22-8-5-4-7-21(22)26-24(29)28-17-11-20(12-18-28)23(30)25-13-6-14-27-15-9-19(2)10-16-27/h4-5,7-8,19-20H,3,6,9-18H2,1-2H3,(H,25,30). The number of para-hydroxylation sites is 2. The zero-order valence-electron chi connectivity index (χ0n) is 18.6. The number of carbonyl (C=O) groups excluding carboxylic acids is 1. The molecule has 6 heteroatoms. The number of hydrogen-bond donors (Lipinski definition) is 1. The fourth-order valence-corrected chi connectivity index (χ4v) is 4.90. The van der Waals surface area contributed by atoms with Crippen molar-refractivity contribution in [3.8, 4) is 0 Å². The molecule has 3 heterocycles. The Balaban J connectivity index is 1.22. The molecule has 1 aromatic carbocycles. The van der Waals surface area contributed by atoms with Crippen molar-refractivity contribution >= 4 is 22.9 Å². The Kier molecular flexibility index (Phi) is 6.93. The van der Waals surface area contributed by atoms with Crippen LogP contribution in [-0.2, 0) is 11.3 Å². The van der Waals surface area contributed by atoms with Gasteiger partial charge in [-0.05, 0) is 76.7 Å². The van der Waals surface area contributed by atoms with Gasteiger partial charge in [0.1, 0.15) is 0 Å². The van der Waals surface area contributed by atoms with E-state index < -0.39 is 0 Å². The number of carbonyl (C=O) groups is 1. The first kappa shape index (κ1) is 21.2. The third kappa shape index (κ3) is 4.80. The van der Waals surface area contributed by atoms with E-state index in [0.29, 0.717) is 0 Å². The van der Waals surface area contributed by atoms with Crippen molar-refractivity contribution in [3.05, 3.63) is 24.3 Å². The van der Waals surface area contributed by atoms with Crippen LogP contribution in [-0.4, -0.2) is 59.6 Å². The highest BCUT2D eigenvalue weighted by molar-refractivity contribution is 5.80. The predicted molar refractivity (Wildman–Crippen MR) is 123 cm³/mol. The first-order valence-corrected chi connectivity index (χ1v) is 11.9. The fraction of sp³-hybridized carbons (Fsp3) is 0.667. The normalized spacial score (nSPS) is 19.5. The number of anilines is 1. The van der Waals surface area contributed by atoms with Crippen LogP contribution in [0.4, 0.5) is 5.95 Å². The molecule has 6 nitrogen and oxygen atoms in total. The minimum atomic E-state index is 0.136. The molecule has 2 aliphatic rings. The van der Waals surface area contributed by atoms with Crippen LogP contribution in [0.15, 0.2) is 24.3 Å². The molecule has 0 unspecified atom stereocenters. The summed E-state index contributed by atoms with van der Waals surface area (Å²) in [5.41, 5.74) is 2.25. The molecule has 0 atom stereocenters. The second-order valence-corrected chi connectivity index (χ2v) is 9.07. The van der Waals surface area contributed by atoms with Crippen LogP contribution in [0, 0.1) is 11.8 Å². The Morgan fingerprint density at radius 3 is 2.57 bits per heavy atom. The van der Waals surface area contributed by atoms with E-state index in [1.165, 1.54) is 31.4 Å². The number of aryl methyl sites for hydroxylation is 1. The van der Waals surface area contributed by atoms with E-state index in [1.54, 1.807) is 0 Å². The molecule has 2 aliphatic heterocycles. The Labute approximate surface area is 180 Å². The highest BCUT2D eigenvalue weighted by Crippen LogP contribution is 2.27. The molecule has 0 bridgehead atoms. The highest BCUT2D eigenvalue weighted by atomic mass is 16.1. The monoisotopic (exact) mass is 411 g/mol. The van der Waals surface area contributed by atoms with Crippen LogP contribution >= 0.6 is 0 Å². The van der Waals surface area contributed by atoms with Gasteiger partial charge in [-0.2, -0.15) is 0 Å². The maximum Gasteiger partial charge on any atom is 0.223 e. The molecule has 0 spiro atoms. The number of piperidine rings is 2. The van der Waals surface area contributed by atoms with Crippen molar-refractivity contribution in [1.82, 2.24) is 19.8 Å². The fourth-order valence-electron chi connectivity index (χ4n) is 4.90. The number of benzene rings is 1. The Morgan fingerprint density at radius 2 is 1.83 bits per heavy atom. The Hall–Kier alpha value is -2.08. The van der Waals surface area contributed by atoms with Crippen molar-refractivity contribution in [2.45, 2.75) is 52.5 Å². The van der Waals surface area contributed by atoms with Gasteiger partial charge in [-0.1, -0.05) is 19.1 Å². The molecule has 2 fully saturated rings. The molecule has 1 aromatic heterocycles. The molecule has 0 radical (unpaired) electrons. The van der Waals surface area contributed by atoms with E-state index >= 15 is 0 Å². The molecule has 1 N–H and O–H groups in total. The van der Waals surface area contributed by atoms with E-state index in [2.05, 4.69) is 51.7 Å². The molecule has 30 heavy (non-hydrogen) atoms. The van der Waals surface area contributed by atoms with Crippen molar-refractivity contribution in [2.75, 3.05) is 44.2 Å². The second-order valence-electron chi connectivity index (χ2n) is 9.07. The highest BCUT2D eigenvalue weighted by Gasteiger charge is 2.27.